The molecular formula is C36H31FNO+. The average molecular weight is 515 g/mol. The van der Waals surface area contributed by atoms with Crippen molar-refractivity contribution in [2.45, 2.75) is 38.5 Å². The highest BCUT2D eigenvalue weighted by Crippen LogP contribution is 2.42. The molecule has 2 nitrogen and oxygen atoms in total. The van der Waals surface area contributed by atoms with Crippen LogP contribution in [0.25, 0.3) is 55.4 Å². The molecule has 0 amide bonds. The Labute approximate surface area is 231 Å². The van der Waals surface area contributed by atoms with Crippen molar-refractivity contribution in [2.24, 2.45) is 7.05 Å². The molecule has 6 aromatic rings. The predicted octanol–water partition coefficient (Wildman–Crippen LogP) is 9.52. The zero-order chi connectivity index (χ0) is 28.3. The van der Waals surface area contributed by atoms with Gasteiger partial charge in [-0.3, -0.25) is 0 Å². The van der Waals surface area contributed by atoms with Gasteiger partial charge in [0, 0.05) is 24.3 Å². The standard InChI is InChI=1S/C36H31FNO/c1-23-13-18-29-30-19-20-31(37)34(36(30)39-35(29)33(23)32-12-5-6-21-38(32)2)26-16-14-25(15-17-26)28-11-7-10-27(22-28)24-8-3-4-9-24/h5-7,10-22,24H,3-4,8-9H2,1-2H3/q+1/i21D,24D. The van der Waals surface area contributed by atoms with E-state index in [4.69, 9.17) is 7.16 Å². The molecule has 1 saturated carbocycles. The summed E-state index contributed by atoms with van der Waals surface area (Å²) in [5.74, 6) is -0.827. The van der Waals surface area contributed by atoms with E-state index in [9.17, 15) is 0 Å². The SMILES string of the molecule is [2H]c1cccc(-c2c(C)ccc3c2oc2c(-c4ccc(-c5cccc(C6([2H])CCCC6)c5)cc4)c(F)ccc23)[n+]1C. The molecule has 4 aromatic carbocycles. The van der Waals surface area contributed by atoms with E-state index in [1.54, 1.807) is 12.1 Å². The highest BCUT2D eigenvalue weighted by atomic mass is 19.1. The summed E-state index contributed by atoms with van der Waals surface area (Å²) >= 11 is 0. The third-order valence-corrected chi connectivity index (χ3v) is 8.19. The fourth-order valence-electron chi connectivity index (χ4n) is 6.13. The van der Waals surface area contributed by atoms with Crippen molar-refractivity contribution in [3.05, 3.63) is 114 Å². The summed E-state index contributed by atoms with van der Waals surface area (Å²) in [6, 6.07) is 29.3. The summed E-state index contributed by atoms with van der Waals surface area (Å²) in [4.78, 5) is 0. The molecule has 192 valence electrons. The largest absolute Gasteiger partial charge is 0.454 e. The monoisotopic (exact) mass is 514 g/mol. The first-order chi connectivity index (χ1) is 19.8. The lowest BCUT2D eigenvalue weighted by Crippen LogP contribution is -2.30. The van der Waals surface area contributed by atoms with Crippen molar-refractivity contribution in [3.8, 4) is 33.5 Å². The number of halogens is 1. The molecule has 3 heteroatoms. The van der Waals surface area contributed by atoms with E-state index in [-0.39, 0.29) is 5.82 Å². The number of aromatic nitrogens is 1. The fraction of sp³-hybridized carbons (Fsp3) is 0.194. The number of fused-ring (bicyclic) bond motifs is 3. The van der Waals surface area contributed by atoms with Crippen LogP contribution in [0.5, 0.6) is 0 Å². The van der Waals surface area contributed by atoms with Gasteiger partial charge in [-0.25, -0.2) is 8.96 Å². The third kappa shape index (κ3) is 4.04. The molecule has 0 unspecified atom stereocenters. The van der Waals surface area contributed by atoms with Crippen molar-refractivity contribution in [1.82, 2.24) is 0 Å². The van der Waals surface area contributed by atoms with Crippen LogP contribution < -0.4 is 4.57 Å². The van der Waals surface area contributed by atoms with Crippen LogP contribution in [0.4, 0.5) is 4.39 Å². The normalized spacial score (nSPS) is 15.6. The Morgan fingerprint density at radius 3 is 2.31 bits per heavy atom. The average Bonchev–Trinajstić information content (AvgIpc) is 3.59. The second-order valence-electron chi connectivity index (χ2n) is 10.6. The Bertz CT molecular complexity index is 1950. The van der Waals surface area contributed by atoms with Crippen LogP contribution in [0, 0.1) is 12.7 Å². The second-order valence-corrected chi connectivity index (χ2v) is 10.6. The molecule has 0 N–H and O–H groups in total. The van der Waals surface area contributed by atoms with E-state index in [1.165, 1.54) is 6.07 Å². The third-order valence-electron chi connectivity index (χ3n) is 8.19. The van der Waals surface area contributed by atoms with E-state index in [2.05, 4.69) is 24.3 Å². The summed E-state index contributed by atoms with van der Waals surface area (Å²) < 4.78 is 41.1. The lowest BCUT2D eigenvalue weighted by atomic mass is 9.93. The van der Waals surface area contributed by atoms with Crippen molar-refractivity contribution in [3.63, 3.8) is 0 Å². The van der Waals surface area contributed by atoms with Crippen LogP contribution in [0.3, 0.4) is 0 Å². The molecule has 0 atom stereocenters. The van der Waals surface area contributed by atoms with Crippen molar-refractivity contribution in [1.29, 1.82) is 0 Å². The minimum Gasteiger partial charge on any atom is -0.454 e. The molecule has 2 aromatic heterocycles. The molecule has 0 saturated heterocycles. The summed E-state index contributed by atoms with van der Waals surface area (Å²) in [5, 5.41) is 1.78. The van der Waals surface area contributed by atoms with Crippen molar-refractivity contribution in [2.75, 3.05) is 0 Å². The number of nitrogens with zero attached hydrogens (tertiary/aromatic N) is 1. The topological polar surface area (TPSA) is 17.0 Å². The summed E-state index contributed by atoms with van der Waals surface area (Å²) in [7, 11) is 1.87. The molecule has 1 fully saturated rings. The molecule has 7 rings (SSSR count). The van der Waals surface area contributed by atoms with Gasteiger partial charge in [-0.2, -0.15) is 0 Å². The van der Waals surface area contributed by atoms with Gasteiger partial charge in [0.25, 0.3) is 0 Å². The molecular weight excluding hydrogens is 481 g/mol. The van der Waals surface area contributed by atoms with Gasteiger partial charge in [-0.05, 0) is 71.7 Å². The van der Waals surface area contributed by atoms with Crippen LogP contribution in [0.15, 0.2) is 102 Å². The lowest BCUT2D eigenvalue weighted by Gasteiger charge is -2.12. The fourth-order valence-corrected chi connectivity index (χ4v) is 6.13. The number of pyridine rings is 1. The Morgan fingerprint density at radius 1 is 0.795 bits per heavy atom. The molecule has 0 radical (unpaired) electrons. The lowest BCUT2D eigenvalue weighted by molar-refractivity contribution is -0.660. The van der Waals surface area contributed by atoms with Crippen LogP contribution in [-0.4, -0.2) is 0 Å². The maximum atomic E-state index is 15.5. The van der Waals surface area contributed by atoms with Gasteiger partial charge < -0.3 is 4.42 Å². The van der Waals surface area contributed by atoms with Gasteiger partial charge in [-0.15, -0.1) is 0 Å². The summed E-state index contributed by atoms with van der Waals surface area (Å²) in [6.07, 6.45) is 4.43. The van der Waals surface area contributed by atoms with Crippen LogP contribution >= 0.6 is 0 Å². The van der Waals surface area contributed by atoms with Gasteiger partial charge in [0.2, 0.25) is 5.69 Å². The number of hydrogen-bond donors (Lipinski definition) is 0. The number of hydrogen-bond acceptors (Lipinski definition) is 1. The molecule has 39 heavy (non-hydrogen) atoms. The molecule has 2 heterocycles. The number of furan rings is 1. The Hall–Kier alpha value is -4.24. The molecule has 0 aliphatic heterocycles. The molecule has 1 aliphatic rings. The van der Waals surface area contributed by atoms with E-state index >= 15 is 4.39 Å². The molecule has 0 spiro atoms. The minimum atomic E-state index is -0.494. The highest BCUT2D eigenvalue weighted by molar-refractivity contribution is 6.13. The van der Waals surface area contributed by atoms with Crippen molar-refractivity contribution >= 4 is 21.9 Å². The first-order valence-electron chi connectivity index (χ1n) is 14.7. The first-order valence-corrected chi connectivity index (χ1v) is 13.7. The summed E-state index contributed by atoms with van der Waals surface area (Å²) in [5.41, 5.74) is 8.39. The summed E-state index contributed by atoms with van der Waals surface area (Å²) in [6.45, 7) is 2.03. The maximum Gasteiger partial charge on any atom is 0.216 e. The second kappa shape index (κ2) is 9.50. The Balaban J connectivity index is 1.35. The minimum absolute atomic E-state index is 0.333. The number of aryl methyl sites for hydroxylation is 1. The number of benzene rings is 4. The van der Waals surface area contributed by atoms with E-state index in [1.807, 2.05) is 67.1 Å². The zero-order valence-corrected chi connectivity index (χ0v) is 22.2. The highest BCUT2D eigenvalue weighted by Gasteiger charge is 2.23. The van der Waals surface area contributed by atoms with Gasteiger partial charge >= 0.3 is 0 Å². The molecule has 1 aliphatic carbocycles. The van der Waals surface area contributed by atoms with Gasteiger partial charge in [0.05, 0.1) is 11.1 Å². The first kappa shape index (κ1) is 21.7. The van der Waals surface area contributed by atoms with Crippen LogP contribution in [0.1, 0.15) is 45.4 Å². The smallest absolute Gasteiger partial charge is 0.216 e. The van der Waals surface area contributed by atoms with E-state index in [0.717, 1.165) is 75.5 Å². The zero-order valence-electron chi connectivity index (χ0n) is 24.2. The predicted molar refractivity (Wildman–Crippen MR) is 157 cm³/mol. The van der Waals surface area contributed by atoms with Crippen LogP contribution in [0.2, 0.25) is 0 Å². The Morgan fingerprint density at radius 2 is 1.51 bits per heavy atom. The van der Waals surface area contributed by atoms with Crippen molar-refractivity contribution < 1.29 is 16.1 Å². The van der Waals surface area contributed by atoms with E-state index < -0.39 is 5.89 Å². The van der Waals surface area contributed by atoms with Gasteiger partial charge in [0.15, 0.2) is 6.17 Å². The maximum absolute atomic E-state index is 15.5. The van der Waals surface area contributed by atoms with E-state index in [0.29, 0.717) is 22.9 Å². The van der Waals surface area contributed by atoms with Crippen LogP contribution in [-0.2, 0) is 7.05 Å². The van der Waals surface area contributed by atoms with Gasteiger partial charge in [-0.1, -0.05) is 73.5 Å². The Kier molecular flexibility index (Phi) is 5.28. The van der Waals surface area contributed by atoms with Gasteiger partial charge in [0.1, 0.15) is 25.4 Å². The number of rotatable bonds is 4. The quantitative estimate of drug-likeness (QED) is 0.214. The molecule has 0 bridgehead atoms.